The van der Waals surface area contributed by atoms with Crippen molar-refractivity contribution in [1.82, 2.24) is 4.98 Å². The van der Waals surface area contributed by atoms with Crippen LogP contribution in [0.5, 0.6) is 5.75 Å². The highest BCUT2D eigenvalue weighted by Crippen LogP contribution is 2.15. The number of rotatable bonds is 10. The smallest absolute Gasteiger partial charge is 0.306 e. The Bertz CT molecular complexity index is 756. The van der Waals surface area contributed by atoms with Crippen LogP contribution in [0.4, 0.5) is 0 Å². The van der Waals surface area contributed by atoms with E-state index in [1.165, 1.54) is 13.2 Å². The van der Waals surface area contributed by atoms with Gasteiger partial charge < -0.3 is 14.2 Å². The van der Waals surface area contributed by atoms with Crippen LogP contribution in [0.25, 0.3) is 6.08 Å². The van der Waals surface area contributed by atoms with E-state index in [-0.39, 0.29) is 18.2 Å². The van der Waals surface area contributed by atoms with Crippen LogP contribution in [0, 0.1) is 0 Å². The molecule has 0 saturated heterocycles. The molecule has 1 aromatic heterocycles. The lowest BCUT2D eigenvalue weighted by Crippen LogP contribution is -2.20. The van der Waals surface area contributed by atoms with Gasteiger partial charge in [0.1, 0.15) is 5.75 Å². The number of hydrogen-bond donors (Lipinski definition) is 0. The minimum atomic E-state index is -0.572. The molecule has 0 spiro atoms. The van der Waals surface area contributed by atoms with E-state index in [2.05, 4.69) is 4.98 Å². The van der Waals surface area contributed by atoms with E-state index < -0.39 is 6.29 Å². The Morgan fingerprint density at radius 2 is 1.93 bits per heavy atom. The molecule has 1 unspecified atom stereocenters. The van der Waals surface area contributed by atoms with Gasteiger partial charge in [0.2, 0.25) is 0 Å². The second kappa shape index (κ2) is 10.9. The molecule has 0 aliphatic heterocycles. The summed E-state index contributed by atoms with van der Waals surface area (Å²) in [7, 11) is 1.51. The van der Waals surface area contributed by atoms with E-state index in [1.807, 2.05) is 18.2 Å². The van der Waals surface area contributed by atoms with Crippen LogP contribution in [0.3, 0.4) is 0 Å². The molecule has 1 aromatic carbocycles. The number of ether oxygens (including phenoxy) is 3. The summed E-state index contributed by atoms with van der Waals surface area (Å²) in [6.07, 6.45) is 4.69. The van der Waals surface area contributed by atoms with Crippen LogP contribution in [0.15, 0.2) is 54.7 Å². The maximum Gasteiger partial charge on any atom is 0.306 e. The van der Waals surface area contributed by atoms with Crippen LogP contribution in [0.1, 0.15) is 35.8 Å². The van der Waals surface area contributed by atoms with Gasteiger partial charge in [-0.1, -0.05) is 30.3 Å². The topological polar surface area (TPSA) is 74.7 Å². The van der Waals surface area contributed by atoms with E-state index in [4.69, 9.17) is 14.2 Å². The Balaban J connectivity index is 1.89. The summed E-state index contributed by atoms with van der Waals surface area (Å²) in [6, 6.07) is 12.5. The van der Waals surface area contributed by atoms with Crippen LogP contribution >= 0.6 is 0 Å². The quantitative estimate of drug-likeness (QED) is 0.275. The zero-order valence-corrected chi connectivity index (χ0v) is 15.5. The van der Waals surface area contributed by atoms with Gasteiger partial charge in [-0.05, 0) is 31.2 Å². The molecule has 0 aliphatic carbocycles. The maximum absolute atomic E-state index is 12.0. The van der Waals surface area contributed by atoms with Gasteiger partial charge in [0.15, 0.2) is 12.1 Å². The monoisotopic (exact) mass is 369 g/mol. The molecule has 0 N–H and O–H groups in total. The number of pyridine rings is 1. The minimum Gasteiger partial charge on any atom is -0.466 e. The number of methoxy groups -OCH3 is 1. The Hall–Kier alpha value is -2.99. The summed E-state index contributed by atoms with van der Waals surface area (Å²) in [5, 5.41) is 0. The van der Waals surface area contributed by atoms with Gasteiger partial charge in [0, 0.05) is 19.1 Å². The van der Waals surface area contributed by atoms with Crippen LogP contribution < -0.4 is 4.74 Å². The zero-order chi connectivity index (χ0) is 19.5. The zero-order valence-electron chi connectivity index (χ0n) is 15.5. The van der Waals surface area contributed by atoms with Gasteiger partial charge >= 0.3 is 5.97 Å². The molecule has 1 heterocycles. The molecule has 142 valence electrons. The molecule has 0 aliphatic rings. The van der Waals surface area contributed by atoms with Crippen molar-refractivity contribution in [3.05, 3.63) is 66.0 Å². The summed E-state index contributed by atoms with van der Waals surface area (Å²) in [5.41, 5.74) is 1.25. The third-order valence-corrected chi connectivity index (χ3v) is 3.64. The standard InChI is InChI=1S/C21H23NO5/c1-3-26-20(24)13-14-21(25-2)27-18-11-9-17(22-15-18)10-12-19(23)16-7-5-4-6-8-16/h4-12,15,21H,3,13-14H2,1-2H3. The van der Waals surface area contributed by atoms with E-state index in [0.29, 0.717) is 30.0 Å². The van der Waals surface area contributed by atoms with E-state index in [0.717, 1.165) is 0 Å². The van der Waals surface area contributed by atoms with Crippen molar-refractivity contribution >= 4 is 17.8 Å². The fraction of sp³-hybridized carbons (Fsp3) is 0.286. The second-order valence-corrected chi connectivity index (χ2v) is 5.61. The highest BCUT2D eigenvalue weighted by atomic mass is 16.7. The van der Waals surface area contributed by atoms with E-state index in [9.17, 15) is 9.59 Å². The third kappa shape index (κ3) is 7.03. The lowest BCUT2D eigenvalue weighted by molar-refractivity contribution is -0.145. The first-order valence-electron chi connectivity index (χ1n) is 8.71. The van der Waals surface area contributed by atoms with Gasteiger partial charge in [-0.3, -0.25) is 14.6 Å². The predicted octanol–water partition coefficient (Wildman–Crippen LogP) is 3.67. The number of benzene rings is 1. The minimum absolute atomic E-state index is 0.0869. The number of hydrogen-bond acceptors (Lipinski definition) is 6. The van der Waals surface area contributed by atoms with Crippen molar-refractivity contribution in [1.29, 1.82) is 0 Å². The molecule has 0 fully saturated rings. The number of ketones is 1. The van der Waals surface area contributed by atoms with Gasteiger partial charge in [-0.15, -0.1) is 0 Å². The number of esters is 1. The molecule has 2 aromatic rings. The van der Waals surface area contributed by atoms with Gasteiger partial charge in [-0.2, -0.15) is 0 Å². The third-order valence-electron chi connectivity index (χ3n) is 3.64. The Kier molecular flexibility index (Phi) is 8.19. The molecule has 1 atom stereocenters. The summed E-state index contributed by atoms with van der Waals surface area (Å²) in [6.45, 7) is 2.11. The Morgan fingerprint density at radius 3 is 2.56 bits per heavy atom. The highest BCUT2D eigenvalue weighted by molar-refractivity contribution is 6.06. The Labute approximate surface area is 158 Å². The number of carbonyl (C=O) groups excluding carboxylic acids is 2. The summed E-state index contributed by atoms with van der Waals surface area (Å²) < 4.78 is 15.8. The molecule has 6 heteroatoms. The van der Waals surface area contributed by atoms with Gasteiger partial charge in [0.25, 0.3) is 0 Å². The van der Waals surface area contributed by atoms with Crippen LogP contribution in [-0.4, -0.2) is 36.7 Å². The van der Waals surface area contributed by atoms with Crippen molar-refractivity contribution in [2.45, 2.75) is 26.1 Å². The summed E-state index contributed by atoms with van der Waals surface area (Å²) in [4.78, 5) is 27.7. The molecular formula is C21H23NO5. The second-order valence-electron chi connectivity index (χ2n) is 5.61. The van der Waals surface area contributed by atoms with Crippen molar-refractivity contribution in [2.75, 3.05) is 13.7 Å². The normalized spacial score (nSPS) is 11.9. The first-order chi connectivity index (χ1) is 13.1. The number of aromatic nitrogens is 1. The number of nitrogens with zero attached hydrogens (tertiary/aromatic N) is 1. The van der Waals surface area contributed by atoms with Crippen molar-refractivity contribution in [2.24, 2.45) is 0 Å². The number of allylic oxidation sites excluding steroid dienone is 1. The molecule has 0 saturated carbocycles. The SMILES string of the molecule is CCOC(=O)CCC(OC)Oc1ccc(C=CC(=O)c2ccccc2)nc1. The van der Waals surface area contributed by atoms with E-state index in [1.54, 1.807) is 43.5 Å². The first-order valence-corrected chi connectivity index (χ1v) is 8.71. The van der Waals surface area contributed by atoms with E-state index >= 15 is 0 Å². The molecule has 0 radical (unpaired) electrons. The van der Waals surface area contributed by atoms with Gasteiger partial charge in [-0.25, -0.2) is 0 Å². The van der Waals surface area contributed by atoms with Crippen LogP contribution in [0.2, 0.25) is 0 Å². The molecule has 6 nitrogen and oxygen atoms in total. The fourth-order valence-electron chi connectivity index (χ4n) is 2.27. The lowest BCUT2D eigenvalue weighted by Gasteiger charge is -2.16. The Morgan fingerprint density at radius 1 is 1.15 bits per heavy atom. The average Bonchev–Trinajstić information content (AvgIpc) is 2.71. The molecule has 2 rings (SSSR count). The maximum atomic E-state index is 12.0. The lowest BCUT2D eigenvalue weighted by atomic mass is 10.1. The average molecular weight is 369 g/mol. The molecule has 27 heavy (non-hydrogen) atoms. The molecule has 0 bridgehead atoms. The predicted molar refractivity (Wildman–Crippen MR) is 101 cm³/mol. The van der Waals surface area contributed by atoms with Crippen molar-refractivity contribution in [3.8, 4) is 5.75 Å². The molecular weight excluding hydrogens is 346 g/mol. The summed E-state index contributed by atoms with van der Waals surface area (Å²) >= 11 is 0. The van der Waals surface area contributed by atoms with Gasteiger partial charge in [0.05, 0.1) is 24.9 Å². The fourth-order valence-corrected chi connectivity index (χ4v) is 2.27. The van der Waals surface area contributed by atoms with Crippen molar-refractivity contribution in [3.63, 3.8) is 0 Å². The number of carbonyl (C=O) groups is 2. The van der Waals surface area contributed by atoms with Crippen molar-refractivity contribution < 1.29 is 23.8 Å². The highest BCUT2D eigenvalue weighted by Gasteiger charge is 2.13. The largest absolute Gasteiger partial charge is 0.466 e. The van der Waals surface area contributed by atoms with Crippen LogP contribution in [-0.2, 0) is 14.3 Å². The first kappa shape index (κ1) is 20.3. The summed E-state index contributed by atoms with van der Waals surface area (Å²) in [5.74, 6) is 0.137. The molecule has 0 amide bonds.